The molecule has 2 aromatic rings. The average molecular weight is 327 g/mol. The minimum atomic E-state index is -0.225. The van der Waals surface area contributed by atoms with E-state index < -0.39 is 0 Å². The maximum atomic E-state index is 12.9. The van der Waals surface area contributed by atoms with Gasteiger partial charge in [0.25, 0.3) is 5.91 Å². The number of carbonyl (C=O) groups is 1. The molecule has 1 aliphatic rings. The molecule has 0 spiro atoms. The van der Waals surface area contributed by atoms with Gasteiger partial charge in [0.05, 0.1) is 11.3 Å². The summed E-state index contributed by atoms with van der Waals surface area (Å²) in [5.41, 5.74) is 2.46. The summed E-state index contributed by atoms with van der Waals surface area (Å²) in [6, 6.07) is 8.60. The monoisotopic (exact) mass is 327 g/mol. The molecule has 1 amide bonds. The fourth-order valence-corrected chi connectivity index (χ4v) is 3.00. The van der Waals surface area contributed by atoms with Gasteiger partial charge in [-0.15, -0.1) is 0 Å². The zero-order chi connectivity index (χ0) is 16.8. The summed E-state index contributed by atoms with van der Waals surface area (Å²) in [6.45, 7) is 0.695. The molecule has 24 heavy (non-hydrogen) atoms. The van der Waals surface area contributed by atoms with Gasteiger partial charge in [0, 0.05) is 25.0 Å². The molecule has 4 nitrogen and oxygen atoms in total. The van der Waals surface area contributed by atoms with Crippen LogP contribution in [0.5, 0.6) is 0 Å². The Bertz CT molecular complexity index is 681. The lowest BCUT2D eigenvalue weighted by Crippen LogP contribution is -2.32. The molecule has 1 aromatic heterocycles. The summed E-state index contributed by atoms with van der Waals surface area (Å²) < 4.78 is 12.9. The topological polar surface area (TPSA) is 54.0 Å². The zero-order valence-electron chi connectivity index (χ0n) is 13.6. The highest BCUT2D eigenvalue weighted by Crippen LogP contribution is 2.18. The van der Waals surface area contributed by atoms with Crippen LogP contribution in [0.1, 0.15) is 41.6 Å². The highest BCUT2D eigenvalue weighted by molar-refractivity contribution is 5.94. The van der Waals surface area contributed by atoms with Gasteiger partial charge < -0.3 is 10.6 Å². The number of hydrogen-bond donors (Lipinski definition) is 2. The van der Waals surface area contributed by atoms with Crippen molar-refractivity contribution in [1.29, 1.82) is 0 Å². The minimum Gasteiger partial charge on any atom is -0.383 e. The van der Waals surface area contributed by atoms with E-state index in [2.05, 4.69) is 15.6 Å². The highest BCUT2D eigenvalue weighted by Gasteiger charge is 2.18. The second-order valence-electron chi connectivity index (χ2n) is 6.22. The molecule has 0 atom stereocenters. The van der Waals surface area contributed by atoms with Crippen LogP contribution in [0.2, 0.25) is 0 Å². The van der Waals surface area contributed by atoms with Gasteiger partial charge in [-0.2, -0.15) is 0 Å². The summed E-state index contributed by atoms with van der Waals surface area (Å²) in [6.07, 6.45) is 8.58. The van der Waals surface area contributed by atoms with Crippen LogP contribution in [0, 0.1) is 5.82 Å². The summed E-state index contributed by atoms with van der Waals surface area (Å²) >= 11 is 0. The lowest BCUT2D eigenvalue weighted by atomic mass is 10.1. The molecule has 0 radical (unpaired) electrons. The molecule has 1 aromatic carbocycles. The van der Waals surface area contributed by atoms with E-state index in [1.807, 2.05) is 6.07 Å². The molecule has 1 heterocycles. The Kier molecular flexibility index (Phi) is 5.41. The number of benzene rings is 1. The Labute approximate surface area is 141 Å². The molecule has 0 unspecified atom stereocenters. The quantitative estimate of drug-likeness (QED) is 0.853. The first-order valence-electron chi connectivity index (χ1n) is 8.45. The molecule has 1 aliphatic carbocycles. The van der Waals surface area contributed by atoms with Crippen molar-refractivity contribution < 1.29 is 9.18 Å². The van der Waals surface area contributed by atoms with Gasteiger partial charge in [-0.3, -0.25) is 9.78 Å². The van der Waals surface area contributed by atoms with E-state index >= 15 is 0 Å². The van der Waals surface area contributed by atoms with Crippen LogP contribution < -0.4 is 10.6 Å². The van der Waals surface area contributed by atoms with Crippen LogP contribution >= 0.6 is 0 Å². The molecule has 0 bridgehead atoms. The van der Waals surface area contributed by atoms with Gasteiger partial charge >= 0.3 is 0 Å². The summed E-state index contributed by atoms with van der Waals surface area (Å²) in [7, 11) is 0. The first-order chi connectivity index (χ1) is 11.7. The fourth-order valence-electron chi connectivity index (χ4n) is 3.00. The first-order valence-corrected chi connectivity index (χ1v) is 8.45. The molecular weight excluding hydrogens is 305 g/mol. The number of anilines is 1. The van der Waals surface area contributed by atoms with Gasteiger partial charge in [0.1, 0.15) is 5.82 Å². The highest BCUT2D eigenvalue weighted by atomic mass is 19.1. The second kappa shape index (κ2) is 7.90. The molecule has 1 saturated carbocycles. The third-order valence-electron chi connectivity index (χ3n) is 4.35. The maximum absolute atomic E-state index is 12.9. The zero-order valence-corrected chi connectivity index (χ0v) is 13.6. The second-order valence-corrected chi connectivity index (χ2v) is 6.22. The van der Waals surface area contributed by atoms with Crippen LogP contribution in [-0.2, 0) is 6.42 Å². The number of amides is 1. The largest absolute Gasteiger partial charge is 0.383 e. The van der Waals surface area contributed by atoms with Crippen molar-refractivity contribution in [1.82, 2.24) is 10.3 Å². The minimum absolute atomic E-state index is 0.0587. The fraction of sp³-hybridized carbons (Fsp3) is 0.368. The number of nitrogens with one attached hydrogen (secondary N) is 2. The van der Waals surface area contributed by atoms with Gasteiger partial charge in [0.2, 0.25) is 0 Å². The molecule has 0 saturated heterocycles. The summed E-state index contributed by atoms with van der Waals surface area (Å²) in [4.78, 5) is 16.4. The Morgan fingerprint density at radius 2 is 1.92 bits per heavy atom. The molecular formula is C19H22FN3O. The van der Waals surface area contributed by atoms with Crippen molar-refractivity contribution in [2.45, 2.75) is 38.1 Å². The lowest BCUT2D eigenvalue weighted by Gasteiger charge is -2.12. The van der Waals surface area contributed by atoms with E-state index in [1.165, 1.54) is 25.0 Å². The summed E-state index contributed by atoms with van der Waals surface area (Å²) in [5, 5.41) is 6.33. The number of pyridine rings is 1. The van der Waals surface area contributed by atoms with Crippen molar-refractivity contribution in [2.24, 2.45) is 0 Å². The van der Waals surface area contributed by atoms with Gasteiger partial charge in [-0.1, -0.05) is 25.0 Å². The predicted octanol–water partition coefficient (Wildman–Crippen LogP) is 3.55. The van der Waals surface area contributed by atoms with Crippen LogP contribution in [0.3, 0.4) is 0 Å². The smallest absolute Gasteiger partial charge is 0.253 e. The van der Waals surface area contributed by atoms with Crippen LogP contribution in [-0.4, -0.2) is 23.5 Å². The van der Waals surface area contributed by atoms with E-state index in [0.29, 0.717) is 18.2 Å². The van der Waals surface area contributed by atoms with Crippen molar-refractivity contribution in [3.05, 3.63) is 59.7 Å². The van der Waals surface area contributed by atoms with Crippen molar-refractivity contribution in [3.63, 3.8) is 0 Å². The van der Waals surface area contributed by atoms with E-state index in [4.69, 9.17) is 0 Å². The van der Waals surface area contributed by atoms with Crippen LogP contribution in [0.25, 0.3) is 0 Å². The predicted molar refractivity (Wildman–Crippen MR) is 92.6 cm³/mol. The van der Waals surface area contributed by atoms with E-state index in [-0.39, 0.29) is 11.7 Å². The third-order valence-corrected chi connectivity index (χ3v) is 4.35. The van der Waals surface area contributed by atoms with Crippen LogP contribution in [0.4, 0.5) is 10.1 Å². The number of halogens is 1. The number of rotatable bonds is 6. The van der Waals surface area contributed by atoms with Gasteiger partial charge in [0.15, 0.2) is 0 Å². The number of aromatic nitrogens is 1. The van der Waals surface area contributed by atoms with E-state index in [1.54, 1.807) is 24.5 Å². The molecule has 0 aliphatic heterocycles. The Morgan fingerprint density at radius 1 is 1.17 bits per heavy atom. The Hall–Kier alpha value is -2.43. The first kappa shape index (κ1) is 16.4. The maximum Gasteiger partial charge on any atom is 0.253 e. The molecule has 1 fully saturated rings. The number of hydrogen-bond acceptors (Lipinski definition) is 3. The lowest BCUT2D eigenvalue weighted by molar-refractivity contribution is 0.0937. The normalized spacial score (nSPS) is 14.5. The number of carbonyl (C=O) groups excluding carboxylic acids is 1. The third kappa shape index (κ3) is 4.54. The molecule has 5 heteroatoms. The van der Waals surface area contributed by atoms with Crippen LogP contribution in [0.15, 0.2) is 42.7 Å². The molecule has 126 valence electrons. The number of nitrogens with zero attached hydrogens (tertiary/aromatic N) is 1. The van der Waals surface area contributed by atoms with Gasteiger partial charge in [-0.05, 0) is 43.0 Å². The Balaban J connectivity index is 1.52. The van der Waals surface area contributed by atoms with Crippen molar-refractivity contribution in [2.75, 3.05) is 11.9 Å². The van der Waals surface area contributed by atoms with Crippen molar-refractivity contribution >= 4 is 11.6 Å². The van der Waals surface area contributed by atoms with E-state index in [0.717, 1.165) is 30.5 Å². The van der Waals surface area contributed by atoms with Gasteiger partial charge in [-0.25, -0.2) is 4.39 Å². The van der Waals surface area contributed by atoms with E-state index in [9.17, 15) is 9.18 Å². The van der Waals surface area contributed by atoms with Crippen molar-refractivity contribution in [3.8, 4) is 0 Å². The summed E-state index contributed by atoms with van der Waals surface area (Å²) in [5.74, 6) is -0.284. The average Bonchev–Trinajstić information content (AvgIpc) is 3.10. The molecule has 3 rings (SSSR count). The standard InChI is InChI=1S/C19H22FN3O/c20-16-7-5-14(6-8-16)9-10-22-18-11-15(12-21-13-18)19(24)23-17-3-1-2-4-17/h5-8,11-13,17,22H,1-4,9-10H2,(H,23,24). The SMILES string of the molecule is O=C(NC1CCCC1)c1cncc(NCCc2ccc(F)cc2)c1. The Morgan fingerprint density at radius 3 is 2.67 bits per heavy atom. The molecule has 2 N–H and O–H groups in total.